The predicted molar refractivity (Wildman–Crippen MR) is 71.8 cm³/mol. The first-order chi connectivity index (χ1) is 8.86. The van der Waals surface area contributed by atoms with Gasteiger partial charge in [0.25, 0.3) is 0 Å². The third-order valence-electron chi connectivity index (χ3n) is 4.93. The Morgan fingerprint density at radius 2 is 1.94 bits per heavy atom. The highest BCUT2D eigenvalue weighted by Gasteiger charge is 2.39. The summed E-state index contributed by atoms with van der Waals surface area (Å²) in [4.78, 5) is 0. The molecule has 1 spiro atoms. The Morgan fingerprint density at radius 1 is 1.06 bits per heavy atom. The summed E-state index contributed by atoms with van der Waals surface area (Å²) in [5, 5.41) is 3.74. The molecule has 1 N–H and O–H groups in total. The van der Waals surface area contributed by atoms with Gasteiger partial charge >= 0.3 is 0 Å². The molecule has 3 fully saturated rings. The summed E-state index contributed by atoms with van der Waals surface area (Å²) in [6, 6.07) is 0.679. The minimum Gasteiger partial charge on any atom is -0.378 e. The van der Waals surface area contributed by atoms with Crippen molar-refractivity contribution >= 4 is 0 Å². The van der Waals surface area contributed by atoms with Crippen LogP contribution in [0.3, 0.4) is 0 Å². The minimum absolute atomic E-state index is 0.250. The topological polar surface area (TPSA) is 30.5 Å². The average Bonchev–Trinajstić information content (AvgIpc) is 3.02. The summed E-state index contributed by atoms with van der Waals surface area (Å²) in [5.41, 5.74) is 0.250. The monoisotopic (exact) mass is 253 g/mol. The van der Waals surface area contributed by atoms with Crippen LogP contribution in [-0.2, 0) is 9.47 Å². The zero-order chi connectivity index (χ0) is 12.3. The molecule has 18 heavy (non-hydrogen) atoms. The van der Waals surface area contributed by atoms with Crippen molar-refractivity contribution in [2.45, 2.75) is 75.5 Å². The molecule has 0 amide bonds. The predicted octanol–water partition coefficient (Wildman–Crippen LogP) is 2.64. The fraction of sp³-hybridized carbons (Fsp3) is 1.00. The van der Waals surface area contributed by atoms with Gasteiger partial charge in [-0.2, -0.15) is 0 Å². The molecule has 2 atom stereocenters. The molecule has 2 aliphatic heterocycles. The van der Waals surface area contributed by atoms with Crippen molar-refractivity contribution in [2.24, 2.45) is 0 Å². The second-order valence-electron chi connectivity index (χ2n) is 6.31. The molecule has 3 rings (SSSR count). The van der Waals surface area contributed by atoms with E-state index in [9.17, 15) is 0 Å². The summed E-state index contributed by atoms with van der Waals surface area (Å²) in [7, 11) is 0. The standard InChI is InChI=1S/C15H27NO2/c1-2-8-15(7-1)12-13(6-11-18-15)16-9-5-14-4-3-10-17-14/h13-14,16H,1-12H2. The van der Waals surface area contributed by atoms with Gasteiger partial charge in [-0.25, -0.2) is 0 Å². The van der Waals surface area contributed by atoms with E-state index in [1.807, 2.05) is 0 Å². The SMILES string of the molecule is C1COC(CCNC2CCOC3(CCCC3)C2)C1. The van der Waals surface area contributed by atoms with Gasteiger partial charge in [0.1, 0.15) is 0 Å². The van der Waals surface area contributed by atoms with Gasteiger partial charge in [0.15, 0.2) is 0 Å². The summed E-state index contributed by atoms with van der Waals surface area (Å²) in [6.07, 6.45) is 12.0. The van der Waals surface area contributed by atoms with Crippen molar-refractivity contribution in [3.63, 3.8) is 0 Å². The van der Waals surface area contributed by atoms with E-state index in [0.717, 1.165) is 19.8 Å². The Balaban J connectivity index is 1.39. The molecule has 0 radical (unpaired) electrons. The van der Waals surface area contributed by atoms with E-state index < -0.39 is 0 Å². The fourth-order valence-corrected chi connectivity index (χ4v) is 3.89. The van der Waals surface area contributed by atoms with Gasteiger partial charge in [0.2, 0.25) is 0 Å². The van der Waals surface area contributed by atoms with Crippen LogP contribution in [0.15, 0.2) is 0 Å². The maximum Gasteiger partial charge on any atom is 0.0697 e. The van der Waals surface area contributed by atoms with Gasteiger partial charge in [0, 0.05) is 19.3 Å². The van der Waals surface area contributed by atoms with Crippen LogP contribution >= 0.6 is 0 Å². The van der Waals surface area contributed by atoms with Gasteiger partial charge in [-0.15, -0.1) is 0 Å². The van der Waals surface area contributed by atoms with Crippen molar-refractivity contribution < 1.29 is 9.47 Å². The first kappa shape index (κ1) is 12.9. The molecule has 1 aliphatic carbocycles. The molecule has 3 aliphatic rings. The molecular formula is C15H27NO2. The molecule has 0 aromatic heterocycles. The van der Waals surface area contributed by atoms with E-state index in [0.29, 0.717) is 12.1 Å². The summed E-state index contributed by atoms with van der Waals surface area (Å²) in [6.45, 7) is 3.05. The molecule has 2 unspecified atom stereocenters. The van der Waals surface area contributed by atoms with E-state index in [-0.39, 0.29) is 5.60 Å². The molecule has 3 heteroatoms. The van der Waals surface area contributed by atoms with E-state index >= 15 is 0 Å². The van der Waals surface area contributed by atoms with E-state index in [1.165, 1.54) is 57.8 Å². The van der Waals surface area contributed by atoms with Crippen LogP contribution < -0.4 is 5.32 Å². The Kier molecular flexibility index (Phi) is 4.22. The number of ether oxygens (including phenoxy) is 2. The number of hydrogen-bond donors (Lipinski definition) is 1. The normalized spacial score (nSPS) is 35.3. The lowest BCUT2D eigenvalue weighted by Crippen LogP contribution is -2.46. The zero-order valence-corrected chi connectivity index (χ0v) is 11.5. The van der Waals surface area contributed by atoms with Crippen molar-refractivity contribution in [3.05, 3.63) is 0 Å². The smallest absolute Gasteiger partial charge is 0.0697 e. The largest absolute Gasteiger partial charge is 0.378 e. The molecule has 104 valence electrons. The molecule has 0 aromatic carbocycles. The highest BCUT2D eigenvalue weighted by atomic mass is 16.5. The fourth-order valence-electron chi connectivity index (χ4n) is 3.89. The average molecular weight is 253 g/mol. The number of hydrogen-bond acceptors (Lipinski definition) is 3. The zero-order valence-electron chi connectivity index (χ0n) is 11.5. The molecule has 0 aromatic rings. The maximum atomic E-state index is 6.07. The van der Waals surface area contributed by atoms with Gasteiger partial charge in [-0.05, 0) is 51.5 Å². The first-order valence-corrected chi connectivity index (χ1v) is 7.85. The van der Waals surface area contributed by atoms with Crippen LogP contribution in [-0.4, -0.2) is 37.5 Å². The third-order valence-corrected chi connectivity index (χ3v) is 4.93. The lowest BCUT2D eigenvalue weighted by molar-refractivity contribution is -0.0837. The molecule has 2 saturated heterocycles. The molecule has 0 bridgehead atoms. The van der Waals surface area contributed by atoms with Gasteiger partial charge < -0.3 is 14.8 Å². The van der Waals surface area contributed by atoms with E-state index in [4.69, 9.17) is 9.47 Å². The van der Waals surface area contributed by atoms with Crippen LogP contribution in [0.2, 0.25) is 0 Å². The lowest BCUT2D eigenvalue weighted by Gasteiger charge is -2.38. The summed E-state index contributed by atoms with van der Waals surface area (Å²) < 4.78 is 11.7. The third kappa shape index (κ3) is 3.06. The maximum absolute atomic E-state index is 6.07. The van der Waals surface area contributed by atoms with Crippen LogP contribution in [0.4, 0.5) is 0 Å². The summed E-state index contributed by atoms with van der Waals surface area (Å²) in [5.74, 6) is 0. The molecule has 3 nitrogen and oxygen atoms in total. The number of nitrogens with one attached hydrogen (secondary N) is 1. The van der Waals surface area contributed by atoms with Gasteiger partial charge in [0.05, 0.1) is 11.7 Å². The number of rotatable bonds is 4. The van der Waals surface area contributed by atoms with Crippen molar-refractivity contribution in [3.8, 4) is 0 Å². The Bertz CT molecular complexity index is 257. The lowest BCUT2D eigenvalue weighted by atomic mass is 9.89. The van der Waals surface area contributed by atoms with E-state index in [2.05, 4.69) is 5.32 Å². The molecule has 2 heterocycles. The first-order valence-electron chi connectivity index (χ1n) is 7.85. The van der Waals surface area contributed by atoms with Crippen LogP contribution in [0.1, 0.15) is 57.8 Å². The van der Waals surface area contributed by atoms with Crippen molar-refractivity contribution in [2.75, 3.05) is 19.8 Å². The van der Waals surface area contributed by atoms with Crippen LogP contribution in [0, 0.1) is 0 Å². The highest BCUT2D eigenvalue weighted by molar-refractivity contribution is 4.93. The Labute approximate surface area is 111 Å². The molecule has 1 saturated carbocycles. The van der Waals surface area contributed by atoms with Crippen LogP contribution in [0.5, 0.6) is 0 Å². The van der Waals surface area contributed by atoms with Crippen molar-refractivity contribution in [1.82, 2.24) is 5.32 Å². The quantitative estimate of drug-likeness (QED) is 0.835. The second kappa shape index (κ2) is 5.89. The highest BCUT2D eigenvalue weighted by Crippen LogP contribution is 2.39. The Hall–Kier alpha value is -0.120. The summed E-state index contributed by atoms with van der Waals surface area (Å²) >= 11 is 0. The van der Waals surface area contributed by atoms with Crippen molar-refractivity contribution in [1.29, 1.82) is 0 Å². The van der Waals surface area contributed by atoms with Crippen LogP contribution in [0.25, 0.3) is 0 Å². The molecular weight excluding hydrogens is 226 g/mol. The van der Waals surface area contributed by atoms with E-state index in [1.54, 1.807) is 0 Å². The second-order valence-corrected chi connectivity index (χ2v) is 6.31. The Morgan fingerprint density at radius 3 is 2.72 bits per heavy atom. The minimum atomic E-state index is 0.250. The van der Waals surface area contributed by atoms with Gasteiger partial charge in [-0.3, -0.25) is 0 Å². The van der Waals surface area contributed by atoms with Gasteiger partial charge in [-0.1, -0.05) is 12.8 Å².